The summed E-state index contributed by atoms with van der Waals surface area (Å²) in [4.78, 5) is 11.3. The van der Waals surface area contributed by atoms with E-state index < -0.39 is 12.0 Å². The van der Waals surface area contributed by atoms with Crippen LogP contribution in [0.1, 0.15) is 18.9 Å². The molecule has 17 heavy (non-hydrogen) atoms. The van der Waals surface area contributed by atoms with Gasteiger partial charge in [0.05, 0.1) is 5.02 Å². The average Bonchev–Trinajstić information content (AvgIpc) is 2.26. The van der Waals surface area contributed by atoms with Crippen molar-refractivity contribution in [3.8, 4) is 5.75 Å². The minimum Gasteiger partial charge on any atom is -0.479 e. The van der Waals surface area contributed by atoms with E-state index in [4.69, 9.17) is 40.0 Å². The highest BCUT2D eigenvalue weighted by Crippen LogP contribution is 2.26. The molecule has 0 spiro atoms. The lowest BCUT2D eigenvalue weighted by Crippen LogP contribution is -2.33. The Morgan fingerprint density at radius 2 is 2.18 bits per heavy atom. The molecule has 0 fully saturated rings. The van der Waals surface area contributed by atoms with Crippen LogP contribution >= 0.6 is 23.8 Å². The standard InChI is InChI=1S/C11H13ClN2O2S/c1-2-8(10(13)15)16-9-4-3-6(11(14)17)5-7(9)12/h3-5,8H,2H2,1H3,(H2,13,15)(H2,14,17). The number of hydrogen-bond donors (Lipinski definition) is 2. The lowest BCUT2D eigenvalue weighted by Gasteiger charge is -2.15. The van der Waals surface area contributed by atoms with Crippen LogP contribution in [0.4, 0.5) is 0 Å². The highest BCUT2D eigenvalue weighted by Gasteiger charge is 2.16. The van der Waals surface area contributed by atoms with Crippen molar-refractivity contribution >= 4 is 34.7 Å². The molecular formula is C11H13ClN2O2S. The molecule has 0 radical (unpaired) electrons. The Hall–Kier alpha value is -1.33. The number of thiocarbonyl (C=S) groups is 1. The van der Waals surface area contributed by atoms with Crippen LogP contribution in [0.3, 0.4) is 0 Å². The van der Waals surface area contributed by atoms with E-state index in [0.29, 0.717) is 22.8 Å². The Kier molecular flexibility index (Phi) is 4.72. The quantitative estimate of drug-likeness (QED) is 0.799. The average molecular weight is 273 g/mol. The van der Waals surface area contributed by atoms with E-state index in [9.17, 15) is 4.79 Å². The van der Waals surface area contributed by atoms with Gasteiger partial charge in [-0.15, -0.1) is 0 Å². The van der Waals surface area contributed by atoms with Crippen molar-refractivity contribution in [1.82, 2.24) is 0 Å². The summed E-state index contributed by atoms with van der Waals surface area (Å²) in [6, 6.07) is 4.88. The molecule has 4 nitrogen and oxygen atoms in total. The van der Waals surface area contributed by atoms with E-state index in [0.717, 1.165) is 0 Å². The summed E-state index contributed by atoms with van der Waals surface area (Å²) in [5, 5.41) is 0.343. The van der Waals surface area contributed by atoms with Crippen LogP contribution < -0.4 is 16.2 Å². The molecule has 0 heterocycles. The Balaban J connectivity index is 2.93. The zero-order valence-corrected chi connectivity index (χ0v) is 10.8. The van der Waals surface area contributed by atoms with Crippen LogP contribution in [-0.4, -0.2) is 17.0 Å². The van der Waals surface area contributed by atoms with Gasteiger partial charge in [-0.3, -0.25) is 4.79 Å². The molecule has 0 bridgehead atoms. The third-order valence-electron chi connectivity index (χ3n) is 2.17. The van der Waals surface area contributed by atoms with E-state index in [-0.39, 0.29) is 4.99 Å². The highest BCUT2D eigenvalue weighted by molar-refractivity contribution is 7.80. The fraction of sp³-hybridized carbons (Fsp3) is 0.273. The monoisotopic (exact) mass is 272 g/mol. The Morgan fingerprint density at radius 1 is 1.53 bits per heavy atom. The van der Waals surface area contributed by atoms with Crippen LogP contribution in [0.5, 0.6) is 5.75 Å². The lowest BCUT2D eigenvalue weighted by atomic mass is 10.2. The minimum absolute atomic E-state index is 0.250. The molecule has 1 atom stereocenters. The molecule has 1 aromatic rings. The molecule has 1 rings (SSSR count). The third-order valence-corrected chi connectivity index (χ3v) is 2.70. The molecular weight excluding hydrogens is 260 g/mol. The molecule has 0 aliphatic rings. The Bertz CT molecular complexity index is 451. The van der Waals surface area contributed by atoms with Crippen molar-refractivity contribution in [1.29, 1.82) is 0 Å². The van der Waals surface area contributed by atoms with Crippen molar-refractivity contribution in [2.24, 2.45) is 11.5 Å². The van der Waals surface area contributed by atoms with Crippen molar-refractivity contribution < 1.29 is 9.53 Å². The molecule has 6 heteroatoms. The minimum atomic E-state index is -0.692. The van der Waals surface area contributed by atoms with Gasteiger partial charge < -0.3 is 16.2 Å². The van der Waals surface area contributed by atoms with Crippen LogP contribution in [-0.2, 0) is 4.79 Å². The zero-order chi connectivity index (χ0) is 13.0. The van der Waals surface area contributed by atoms with E-state index in [1.54, 1.807) is 25.1 Å². The van der Waals surface area contributed by atoms with Crippen LogP contribution in [0, 0.1) is 0 Å². The van der Waals surface area contributed by atoms with Crippen molar-refractivity contribution in [3.05, 3.63) is 28.8 Å². The van der Waals surface area contributed by atoms with Gasteiger partial charge in [-0.25, -0.2) is 0 Å². The summed E-state index contributed by atoms with van der Waals surface area (Å²) < 4.78 is 5.40. The summed E-state index contributed by atoms with van der Waals surface area (Å²) in [6.45, 7) is 1.80. The number of ether oxygens (including phenoxy) is 1. The smallest absolute Gasteiger partial charge is 0.258 e. The normalized spacial score (nSPS) is 11.9. The van der Waals surface area contributed by atoms with Crippen LogP contribution in [0.15, 0.2) is 18.2 Å². The molecule has 0 aromatic heterocycles. The highest BCUT2D eigenvalue weighted by atomic mass is 35.5. The molecule has 1 amide bonds. The molecule has 0 aliphatic heterocycles. The molecule has 0 aliphatic carbocycles. The Labute approximate surface area is 110 Å². The van der Waals surface area contributed by atoms with Crippen LogP contribution in [0.25, 0.3) is 0 Å². The van der Waals surface area contributed by atoms with E-state index in [1.165, 1.54) is 0 Å². The van der Waals surface area contributed by atoms with Gasteiger partial charge in [-0.1, -0.05) is 30.7 Å². The predicted octanol–water partition coefficient (Wildman–Crippen LogP) is 1.62. The largest absolute Gasteiger partial charge is 0.479 e. The fourth-order valence-corrected chi connectivity index (χ4v) is 1.60. The maximum Gasteiger partial charge on any atom is 0.258 e. The van der Waals surface area contributed by atoms with Gasteiger partial charge in [0.2, 0.25) is 0 Å². The van der Waals surface area contributed by atoms with Gasteiger partial charge in [0.1, 0.15) is 10.7 Å². The number of hydrogen-bond acceptors (Lipinski definition) is 3. The summed E-state index contributed by atoms with van der Waals surface area (Å²) in [5.74, 6) is -0.140. The number of amides is 1. The fourth-order valence-electron chi connectivity index (χ4n) is 1.25. The number of rotatable bonds is 5. The van der Waals surface area contributed by atoms with Crippen molar-refractivity contribution in [2.45, 2.75) is 19.4 Å². The van der Waals surface area contributed by atoms with E-state index in [1.807, 2.05) is 0 Å². The second-order valence-corrected chi connectivity index (χ2v) is 4.27. The molecule has 0 saturated heterocycles. The lowest BCUT2D eigenvalue weighted by molar-refractivity contribution is -0.124. The van der Waals surface area contributed by atoms with Gasteiger partial charge in [-0.2, -0.15) is 0 Å². The SMILES string of the molecule is CCC(Oc1ccc(C(N)=S)cc1Cl)C(N)=O. The van der Waals surface area contributed by atoms with Crippen molar-refractivity contribution in [2.75, 3.05) is 0 Å². The number of halogens is 1. The molecule has 1 unspecified atom stereocenters. The number of nitrogens with two attached hydrogens (primary N) is 2. The summed E-state index contributed by atoms with van der Waals surface area (Å²) in [6.07, 6.45) is -0.217. The van der Waals surface area contributed by atoms with Crippen LogP contribution in [0.2, 0.25) is 5.02 Å². The predicted molar refractivity (Wildman–Crippen MR) is 71.2 cm³/mol. The van der Waals surface area contributed by atoms with Gasteiger partial charge in [-0.05, 0) is 24.6 Å². The summed E-state index contributed by atoms with van der Waals surface area (Å²) in [5.41, 5.74) is 11.3. The second-order valence-electron chi connectivity index (χ2n) is 3.43. The number of carbonyl (C=O) groups excluding carboxylic acids is 1. The molecule has 1 aromatic carbocycles. The first kappa shape index (κ1) is 13.7. The summed E-state index contributed by atoms with van der Waals surface area (Å²) >= 11 is 10.8. The van der Waals surface area contributed by atoms with Crippen molar-refractivity contribution in [3.63, 3.8) is 0 Å². The third kappa shape index (κ3) is 3.57. The maximum atomic E-state index is 11.0. The Morgan fingerprint density at radius 3 is 2.59 bits per heavy atom. The summed E-state index contributed by atoms with van der Waals surface area (Å²) in [7, 11) is 0. The zero-order valence-electron chi connectivity index (χ0n) is 9.27. The first-order chi connectivity index (χ1) is 7.95. The van der Waals surface area contributed by atoms with Gasteiger partial charge in [0, 0.05) is 5.56 Å². The molecule has 4 N–H and O–H groups in total. The van der Waals surface area contributed by atoms with Gasteiger partial charge in [0.15, 0.2) is 6.10 Å². The second kappa shape index (κ2) is 5.84. The maximum absolute atomic E-state index is 11.0. The topological polar surface area (TPSA) is 78.3 Å². The molecule has 92 valence electrons. The van der Waals surface area contributed by atoms with E-state index in [2.05, 4.69) is 0 Å². The molecule has 0 saturated carbocycles. The first-order valence-electron chi connectivity index (χ1n) is 5.01. The van der Waals surface area contributed by atoms with E-state index >= 15 is 0 Å². The number of primary amides is 1. The van der Waals surface area contributed by atoms with Gasteiger partial charge in [0.25, 0.3) is 5.91 Å². The number of carbonyl (C=O) groups is 1. The first-order valence-corrected chi connectivity index (χ1v) is 5.79. The van der Waals surface area contributed by atoms with Gasteiger partial charge >= 0.3 is 0 Å². The number of benzene rings is 1.